The summed E-state index contributed by atoms with van der Waals surface area (Å²) in [6.45, 7) is 7.64. The van der Waals surface area contributed by atoms with E-state index in [1.54, 1.807) is 36.4 Å². The highest BCUT2D eigenvalue weighted by Gasteiger charge is 2.42. The summed E-state index contributed by atoms with van der Waals surface area (Å²) in [7, 11) is -1.82. The molecule has 3 aromatic carbocycles. The van der Waals surface area contributed by atoms with E-state index in [0.717, 1.165) is 5.56 Å². The molecule has 1 saturated heterocycles. The number of carbonyl (C=O) groups excluding carboxylic acids is 2. The van der Waals surface area contributed by atoms with Crippen LogP contribution in [0.1, 0.15) is 57.0 Å². The van der Waals surface area contributed by atoms with E-state index in [0.29, 0.717) is 17.5 Å². The summed E-state index contributed by atoms with van der Waals surface area (Å²) < 4.78 is 38.5. The number of nitrogens with one attached hydrogen (secondary N) is 1. The quantitative estimate of drug-likeness (QED) is 0.0347. The standard InChI is InChI=1S/C41H48N7O15P/c1-27(2)45(28(3)4)64(61-24-20-31-9-15-34(16-10-31)48(56)57)63-35-25-38(62-36(35)26-60-41(51)59-23-19-30-7-13-33(14-8-30)47(54)55)44-21-17-37(42-39(44)49)43-40(50)58-22-18-29-5-11-32(12-6-29)46(52)53/h5-17,21,27-28,35-36,38H,18-20,22-26H2,1-4H3,(H,42,43,49,50)/t35-,36+,38+,64?/m0/s1. The first-order valence-electron chi connectivity index (χ1n) is 20.1. The minimum absolute atomic E-state index is 0.0325. The smallest absolute Gasteiger partial charge is 0.449 e. The molecule has 1 aromatic heterocycles. The summed E-state index contributed by atoms with van der Waals surface area (Å²) in [6, 6.07) is 19.0. The number of carbonyl (C=O) groups is 2. The van der Waals surface area contributed by atoms with Crippen molar-refractivity contribution in [3.8, 4) is 0 Å². The van der Waals surface area contributed by atoms with Crippen LogP contribution in [-0.2, 0) is 47.3 Å². The van der Waals surface area contributed by atoms with E-state index in [-0.39, 0.29) is 80.7 Å². The van der Waals surface area contributed by atoms with Gasteiger partial charge in [-0.25, -0.2) is 19.1 Å². The van der Waals surface area contributed by atoms with Gasteiger partial charge in [0.2, 0.25) is 0 Å². The predicted molar refractivity (Wildman–Crippen MR) is 230 cm³/mol. The number of rotatable bonds is 22. The number of ether oxygens (including phenoxy) is 4. The van der Waals surface area contributed by atoms with Gasteiger partial charge in [0, 0.05) is 73.9 Å². The molecular formula is C41H48N7O15P. The molecular weight excluding hydrogens is 861 g/mol. The van der Waals surface area contributed by atoms with Gasteiger partial charge in [-0.1, -0.05) is 36.4 Å². The Morgan fingerprint density at radius 3 is 1.72 bits per heavy atom. The number of non-ortho nitro benzene ring substituents is 3. The third-order valence-electron chi connectivity index (χ3n) is 9.66. The number of nitro groups is 3. The third-order valence-corrected chi connectivity index (χ3v) is 11.8. The van der Waals surface area contributed by atoms with Gasteiger partial charge in [-0.05, 0) is 56.9 Å². The minimum atomic E-state index is -1.82. The molecule has 22 nitrogen and oxygen atoms in total. The van der Waals surface area contributed by atoms with Gasteiger partial charge in [0.15, 0.2) is 0 Å². The molecule has 1 amide bonds. The molecule has 1 unspecified atom stereocenters. The fourth-order valence-electron chi connectivity index (χ4n) is 6.52. The zero-order chi connectivity index (χ0) is 46.3. The topological polar surface area (TPSA) is 269 Å². The summed E-state index contributed by atoms with van der Waals surface area (Å²) in [6.07, 6.45) is -2.18. The van der Waals surface area contributed by atoms with E-state index >= 15 is 0 Å². The van der Waals surface area contributed by atoms with E-state index in [4.69, 9.17) is 28.0 Å². The molecule has 0 bridgehead atoms. The first kappa shape index (κ1) is 48.6. The molecule has 0 spiro atoms. The summed E-state index contributed by atoms with van der Waals surface area (Å²) in [5.41, 5.74) is 1.27. The Kier molecular flexibility index (Phi) is 17.7. The normalized spacial score (nSPS) is 16.4. The lowest BCUT2D eigenvalue weighted by atomic mass is 10.1. The number of hydrogen-bond acceptors (Lipinski definition) is 17. The first-order valence-corrected chi connectivity index (χ1v) is 21.3. The average Bonchev–Trinajstić information content (AvgIpc) is 3.65. The van der Waals surface area contributed by atoms with Gasteiger partial charge in [0.1, 0.15) is 24.8 Å². The van der Waals surface area contributed by atoms with Crippen LogP contribution in [0.3, 0.4) is 0 Å². The maximum atomic E-state index is 13.4. The molecule has 1 N–H and O–H groups in total. The van der Waals surface area contributed by atoms with Crippen molar-refractivity contribution in [3.63, 3.8) is 0 Å². The Bertz CT molecular complexity index is 2270. The van der Waals surface area contributed by atoms with Crippen molar-refractivity contribution in [2.24, 2.45) is 0 Å². The number of aromatic nitrogens is 2. The summed E-state index contributed by atoms with van der Waals surface area (Å²) >= 11 is 0. The Hall–Kier alpha value is -6.45. The molecule has 4 atom stereocenters. The van der Waals surface area contributed by atoms with Crippen LogP contribution >= 0.6 is 8.53 Å². The first-order chi connectivity index (χ1) is 30.6. The van der Waals surface area contributed by atoms with Gasteiger partial charge in [-0.15, -0.1) is 0 Å². The number of nitrogens with zero attached hydrogens (tertiary/aromatic N) is 6. The van der Waals surface area contributed by atoms with Crippen LogP contribution in [0.4, 0.5) is 32.5 Å². The highest BCUT2D eigenvalue weighted by atomic mass is 31.2. The molecule has 4 aromatic rings. The molecule has 0 saturated carbocycles. The fourth-order valence-corrected chi connectivity index (χ4v) is 8.27. The molecule has 0 aliphatic carbocycles. The molecule has 5 rings (SSSR count). The summed E-state index contributed by atoms with van der Waals surface area (Å²) in [5, 5.41) is 35.4. The SMILES string of the molecule is CC(C)N(C(C)C)P(OCCc1ccc([N+](=O)[O-])cc1)O[C@H]1C[C@H](n2ccc(NC(=O)OCCc3ccc([N+](=O)[O-])cc3)nc2=O)O[C@@H]1COC(=O)OCCc1ccc([N+](=O)[O-])cc1. The molecule has 1 aliphatic rings. The second-order valence-corrected chi connectivity index (χ2v) is 16.2. The second kappa shape index (κ2) is 23.3. The number of hydrogen-bond donors (Lipinski definition) is 1. The van der Waals surface area contributed by atoms with Gasteiger partial charge >= 0.3 is 17.9 Å². The summed E-state index contributed by atoms with van der Waals surface area (Å²) in [4.78, 5) is 74.1. The van der Waals surface area contributed by atoms with E-state index in [9.17, 15) is 44.7 Å². The maximum absolute atomic E-state index is 13.4. The number of amides is 1. The van der Waals surface area contributed by atoms with Gasteiger partial charge in [0.05, 0.1) is 40.7 Å². The monoisotopic (exact) mass is 909 g/mol. The lowest BCUT2D eigenvalue weighted by molar-refractivity contribution is -0.385. The van der Waals surface area contributed by atoms with Crippen molar-refractivity contribution in [2.45, 2.75) is 83.9 Å². The highest BCUT2D eigenvalue weighted by molar-refractivity contribution is 7.44. The van der Waals surface area contributed by atoms with Crippen LogP contribution in [-0.4, -0.2) is 92.0 Å². The van der Waals surface area contributed by atoms with Crippen LogP contribution in [0, 0.1) is 30.3 Å². The number of benzene rings is 3. The van der Waals surface area contributed by atoms with Crippen LogP contribution in [0.15, 0.2) is 89.9 Å². The Morgan fingerprint density at radius 1 is 0.766 bits per heavy atom. The second-order valence-electron chi connectivity index (χ2n) is 14.8. The van der Waals surface area contributed by atoms with Crippen LogP contribution in [0.25, 0.3) is 0 Å². The van der Waals surface area contributed by atoms with Crippen LogP contribution in [0.5, 0.6) is 0 Å². The Morgan fingerprint density at radius 2 is 1.25 bits per heavy atom. The van der Waals surface area contributed by atoms with Crippen molar-refractivity contribution in [2.75, 3.05) is 31.7 Å². The van der Waals surface area contributed by atoms with Crippen molar-refractivity contribution < 1.29 is 52.4 Å². The Balaban J connectivity index is 1.26. The maximum Gasteiger partial charge on any atom is 0.508 e. The van der Waals surface area contributed by atoms with Crippen LogP contribution in [0.2, 0.25) is 0 Å². The fraction of sp³-hybridized carbons (Fsp3) is 0.415. The van der Waals surface area contributed by atoms with E-state index < -0.39 is 59.7 Å². The molecule has 1 aliphatic heterocycles. The third kappa shape index (κ3) is 14.3. The molecule has 23 heteroatoms. The lowest BCUT2D eigenvalue weighted by Gasteiger charge is -2.37. The van der Waals surface area contributed by atoms with Gasteiger partial charge in [-0.3, -0.25) is 40.2 Å². The Labute approximate surface area is 367 Å². The molecule has 0 radical (unpaired) electrons. The molecule has 342 valence electrons. The van der Waals surface area contributed by atoms with Gasteiger partial charge in [0.25, 0.3) is 25.6 Å². The van der Waals surface area contributed by atoms with Gasteiger partial charge < -0.3 is 28.0 Å². The van der Waals surface area contributed by atoms with E-state index in [2.05, 4.69) is 10.3 Å². The largest absolute Gasteiger partial charge is 0.508 e. The van der Waals surface area contributed by atoms with Crippen molar-refractivity contribution in [1.82, 2.24) is 14.2 Å². The zero-order valence-electron chi connectivity index (χ0n) is 35.4. The van der Waals surface area contributed by atoms with Crippen LogP contribution < -0.4 is 11.0 Å². The lowest BCUT2D eigenvalue weighted by Crippen LogP contribution is -2.37. The molecule has 2 heterocycles. The zero-order valence-corrected chi connectivity index (χ0v) is 36.3. The van der Waals surface area contributed by atoms with Crippen molar-refractivity contribution >= 4 is 43.7 Å². The van der Waals surface area contributed by atoms with E-state index in [1.165, 1.54) is 53.2 Å². The van der Waals surface area contributed by atoms with Crippen molar-refractivity contribution in [1.29, 1.82) is 0 Å². The highest BCUT2D eigenvalue weighted by Crippen LogP contribution is 2.50. The van der Waals surface area contributed by atoms with E-state index in [1.807, 2.05) is 32.4 Å². The minimum Gasteiger partial charge on any atom is -0.449 e. The number of anilines is 1. The summed E-state index contributed by atoms with van der Waals surface area (Å²) in [5.74, 6) is -0.0989. The van der Waals surface area contributed by atoms with Gasteiger partial charge in [-0.2, -0.15) is 4.98 Å². The molecule has 64 heavy (non-hydrogen) atoms. The average molecular weight is 910 g/mol. The number of nitro benzene ring substituents is 3. The molecule has 1 fully saturated rings. The predicted octanol–water partition coefficient (Wildman–Crippen LogP) is 7.43. The van der Waals surface area contributed by atoms with Crippen molar-refractivity contribution in [3.05, 3.63) is 143 Å².